The molecular formula is C15H18Cl2N4O2S2. The lowest BCUT2D eigenvalue weighted by Gasteiger charge is -2.33. The molecule has 136 valence electrons. The number of hydrogen-bond donors (Lipinski definition) is 0. The molecule has 1 fully saturated rings. The van der Waals surface area contributed by atoms with Gasteiger partial charge in [-0.15, -0.1) is 10.2 Å². The van der Waals surface area contributed by atoms with Gasteiger partial charge in [0.25, 0.3) is 0 Å². The number of nitrogens with zero attached hydrogens (tertiary/aromatic N) is 4. The zero-order valence-corrected chi connectivity index (χ0v) is 16.8. The summed E-state index contributed by atoms with van der Waals surface area (Å²) in [5.41, 5.74) is 0. The van der Waals surface area contributed by atoms with Gasteiger partial charge in [-0.1, -0.05) is 41.5 Å². The van der Waals surface area contributed by atoms with E-state index in [0.717, 1.165) is 23.0 Å². The van der Waals surface area contributed by atoms with Crippen molar-refractivity contribution in [2.24, 2.45) is 0 Å². The smallest absolute Gasteiger partial charge is 0.243 e. The SMILES string of the molecule is CCCc1nnc(N2CCN(S(=O)(=O)c3ccc(Cl)c(Cl)c3)CC2)s1. The van der Waals surface area contributed by atoms with Gasteiger partial charge in [-0.05, 0) is 24.6 Å². The number of hydrogen-bond acceptors (Lipinski definition) is 6. The molecule has 0 atom stereocenters. The molecule has 1 aromatic carbocycles. The van der Waals surface area contributed by atoms with E-state index in [1.165, 1.54) is 22.5 Å². The normalized spacial score (nSPS) is 16.4. The Balaban J connectivity index is 1.69. The first-order chi connectivity index (χ1) is 11.9. The van der Waals surface area contributed by atoms with Crippen molar-refractivity contribution in [3.8, 4) is 0 Å². The number of sulfonamides is 1. The maximum Gasteiger partial charge on any atom is 0.243 e. The van der Waals surface area contributed by atoms with Gasteiger partial charge in [0.05, 0.1) is 14.9 Å². The summed E-state index contributed by atoms with van der Waals surface area (Å²) in [6, 6.07) is 4.38. The van der Waals surface area contributed by atoms with E-state index in [1.807, 2.05) is 0 Å². The Bertz CT molecular complexity index is 849. The standard InChI is InChI=1S/C15H18Cl2N4O2S2/c1-2-3-14-18-19-15(24-14)20-6-8-21(9-7-20)25(22,23)11-4-5-12(16)13(17)10-11/h4-5,10H,2-3,6-9H2,1H3. The number of benzene rings is 1. The van der Waals surface area contributed by atoms with Crippen LogP contribution in [0.2, 0.25) is 10.0 Å². The van der Waals surface area contributed by atoms with Crippen LogP contribution in [0.5, 0.6) is 0 Å². The van der Waals surface area contributed by atoms with Crippen molar-refractivity contribution >= 4 is 49.7 Å². The highest BCUT2D eigenvalue weighted by atomic mass is 35.5. The molecule has 0 aliphatic carbocycles. The number of aryl methyl sites for hydroxylation is 1. The molecular weight excluding hydrogens is 403 g/mol. The average molecular weight is 421 g/mol. The van der Waals surface area contributed by atoms with Gasteiger partial charge < -0.3 is 4.90 Å². The van der Waals surface area contributed by atoms with Gasteiger partial charge in [0.15, 0.2) is 0 Å². The van der Waals surface area contributed by atoms with E-state index in [0.29, 0.717) is 31.2 Å². The molecule has 0 spiro atoms. The lowest BCUT2D eigenvalue weighted by molar-refractivity contribution is 0.384. The Morgan fingerprint density at radius 2 is 1.84 bits per heavy atom. The van der Waals surface area contributed by atoms with Crippen LogP contribution in [0.15, 0.2) is 23.1 Å². The quantitative estimate of drug-likeness (QED) is 0.741. The predicted octanol–water partition coefficient (Wildman–Crippen LogP) is 3.31. The highest BCUT2D eigenvalue weighted by molar-refractivity contribution is 7.89. The number of aromatic nitrogens is 2. The van der Waals surface area contributed by atoms with Gasteiger partial charge in [-0.2, -0.15) is 4.31 Å². The fraction of sp³-hybridized carbons (Fsp3) is 0.467. The topological polar surface area (TPSA) is 66.4 Å². The average Bonchev–Trinajstić information content (AvgIpc) is 3.06. The lowest BCUT2D eigenvalue weighted by Crippen LogP contribution is -2.48. The minimum absolute atomic E-state index is 0.163. The summed E-state index contributed by atoms with van der Waals surface area (Å²) >= 11 is 13.4. The van der Waals surface area contributed by atoms with Crippen molar-refractivity contribution in [2.45, 2.75) is 24.7 Å². The summed E-state index contributed by atoms with van der Waals surface area (Å²) in [7, 11) is -3.58. The second kappa shape index (κ2) is 7.75. The van der Waals surface area contributed by atoms with E-state index >= 15 is 0 Å². The van der Waals surface area contributed by atoms with Crippen LogP contribution >= 0.6 is 34.5 Å². The van der Waals surface area contributed by atoms with Crippen LogP contribution in [0, 0.1) is 0 Å². The third-order valence-corrected chi connectivity index (χ3v) is 7.64. The monoisotopic (exact) mass is 420 g/mol. The van der Waals surface area contributed by atoms with Gasteiger partial charge in [0.2, 0.25) is 15.2 Å². The van der Waals surface area contributed by atoms with E-state index in [9.17, 15) is 8.42 Å². The molecule has 0 amide bonds. The van der Waals surface area contributed by atoms with Crippen LogP contribution in [-0.2, 0) is 16.4 Å². The maximum absolute atomic E-state index is 12.8. The molecule has 0 unspecified atom stereocenters. The molecule has 3 rings (SSSR count). The molecule has 1 aromatic heterocycles. The molecule has 1 saturated heterocycles. The van der Waals surface area contributed by atoms with Crippen molar-refractivity contribution in [2.75, 3.05) is 31.1 Å². The Kier molecular flexibility index (Phi) is 5.85. The first-order valence-electron chi connectivity index (χ1n) is 7.94. The van der Waals surface area contributed by atoms with Crippen LogP contribution in [0.3, 0.4) is 0 Å². The van der Waals surface area contributed by atoms with Crippen LogP contribution in [0.1, 0.15) is 18.4 Å². The van der Waals surface area contributed by atoms with E-state index in [2.05, 4.69) is 22.0 Å². The summed E-state index contributed by atoms with van der Waals surface area (Å²) in [5, 5.41) is 10.8. The van der Waals surface area contributed by atoms with Gasteiger partial charge in [0.1, 0.15) is 5.01 Å². The summed E-state index contributed by atoms with van der Waals surface area (Å²) in [6.45, 7) is 4.06. The van der Waals surface area contributed by atoms with E-state index in [4.69, 9.17) is 23.2 Å². The van der Waals surface area contributed by atoms with Crippen molar-refractivity contribution in [1.82, 2.24) is 14.5 Å². The molecule has 6 nitrogen and oxygen atoms in total. The van der Waals surface area contributed by atoms with Gasteiger partial charge in [0, 0.05) is 32.6 Å². The molecule has 1 aliphatic heterocycles. The lowest BCUT2D eigenvalue weighted by atomic mass is 10.4. The summed E-state index contributed by atoms with van der Waals surface area (Å²) < 4.78 is 27.0. The molecule has 2 heterocycles. The Morgan fingerprint density at radius 1 is 1.12 bits per heavy atom. The van der Waals surface area contributed by atoms with Crippen LogP contribution < -0.4 is 4.90 Å². The van der Waals surface area contributed by atoms with Gasteiger partial charge >= 0.3 is 0 Å². The van der Waals surface area contributed by atoms with Crippen molar-refractivity contribution in [3.63, 3.8) is 0 Å². The molecule has 10 heteroatoms. The van der Waals surface area contributed by atoms with Crippen LogP contribution in [0.25, 0.3) is 0 Å². The first-order valence-corrected chi connectivity index (χ1v) is 11.0. The maximum atomic E-state index is 12.8. The summed E-state index contributed by atoms with van der Waals surface area (Å²) in [4.78, 5) is 2.24. The molecule has 0 N–H and O–H groups in total. The minimum Gasteiger partial charge on any atom is -0.344 e. The Hall–Kier alpha value is -0.930. The second-order valence-electron chi connectivity index (χ2n) is 5.70. The van der Waals surface area contributed by atoms with E-state index in [-0.39, 0.29) is 9.92 Å². The zero-order valence-electron chi connectivity index (χ0n) is 13.7. The molecule has 0 bridgehead atoms. The Labute approximate surface area is 161 Å². The number of piperazine rings is 1. The number of rotatable bonds is 5. The molecule has 1 aliphatic rings. The fourth-order valence-corrected chi connectivity index (χ4v) is 5.40. The van der Waals surface area contributed by atoms with Gasteiger partial charge in [-0.3, -0.25) is 0 Å². The van der Waals surface area contributed by atoms with Crippen LogP contribution in [-0.4, -0.2) is 49.1 Å². The van der Waals surface area contributed by atoms with Gasteiger partial charge in [-0.25, -0.2) is 8.42 Å². The largest absolute Gasteiger partial charge is 0.344 e. The third kappa shape index (κ3) is 4.09. The second-order valence-corrected chi connectivity index (χ2v) is 9.49. The molecule has 0 saturated carbocycles. The summed E-state index contributed by atoms with van der Waals surface area (Å²) in [6.07, 6.45) is 1.95. The van der Waals surface area contributed by atoms with Crippen molar-refractivity contribution < 1.29 is 8.42 Å². The number of halogens is 2. The summed E-state index contributed by atoms with van der Waals surface area (Å²) in [5.74, 6) is 0. The van der Waals surface area contributed by atoms with Crippen molar-refractivity contribution in [1.29, 1.82) is 0 Å². The van der Waals surface area contributed by atoms with Crippen molar-refractivity contribution in [3.05, 3.63) is 33.3 Å². The molecule has 25 heavy (non-hydrogen) atoms. The molecule has 2 aromatic rings. The Morgan fingerprint density at radius 3 is 2.48 bits per heavy atom. The number of anilines is 1. The van der Waals surface area contributed by atoms with Crippen LogP contribution in [0.4, 0.5) is 5.13 Å². The highest BCUT2D eigenvalue weighted by Gasteiger charge is 2.30. The fourth-order valence-electron chi connectivity index (χ4n) is 2.59. The third-order valence-electron chi connectivity index (χ3n) is 3.96. The minimum atomic E-state index is -3.58. The predicted molar refractivity (Wildman–Crippen MR) is 101 cm³/mol. The van der Waals surface area contributed by atoms with E-state index < -0.39 is 10.0 Å². The van der Waals surface area contributed by atoms with E-state index in [1.54, 1.807) is 11.3 Å². The highest BCUT2D eigenvalue weighted by Crippen LogP contribution is 2.28. The zero-order chi connectivity index (χ0) is 18.0. The first kappa shape index (κ1) is 18.8. The molecule has 0 radical (unpaired) electrons.